The molecule has 3 N–H and O–H groups in total. The van der Waals surface area contributed by atoms with Gasteiger partial charge in [-0.05, 0) is 36.5 Å². The minimum absolute atomic E-state index is 0.167. The van der Waals surface area contributed by atoms with Gasteiger partial charge in [0.15, 0.2) is 0 Å². The molecule has 2 rings (SSSR count). The molecule has 0 saturated carbocycles. The van der Waals surface area contributed by atoms with Crippen LogP contribution in [0.4, 0.5) is 5.82 Å². The zero-order chi connectivity index (χ0) is 15.5. The Hall–Kier alpha value is -2.14. The van der Waals surface area contributed by atoms with Gasteiger partial charge in [0.05, 0.1) is 0 Å². The fourth-order valence-corrected chi connectivity index (χ4v) is 1.97. The Balaban J connectivity index is 2.19. The molecular formula is C16H22N4O. The summed E-state index contributed by atoms with van der Waals surface area (Å²) in [5.74, 6) is 7.71. The van der Waals surface area contributed by atoms with Crippen LogP contribution >= 0.6 is 0 Å². The van der Waals surface area contributed by atoms with Crippen molar-refractivity contribution in [3.05, 3.63) is 41.7 Å². The lowest BCUT2D eigenvalue weighted by Crippen LogP contribution is -2.14. The summed E-state index contributed by atoms with van der Waals surface area (Å²) in [4.78, 5) is 8.36. The fourth-order valence-electron chi connectivity index (χ4n) is 1.97. The quantitative estimate of drug-likeness (QED) is 0.649. The average Bonchev–Trinajstić information content (AvgIpc) is 2.47. The number of hydrogen-bond acceptors (Lipinski definition) is 5. The number of nitrogens with one attached hydrogen (secondary N) is 1. The van der Waals surface area contributed by atoms with E-state index < -0.39 is 0 Å². The van der Waals surface area contributed by atoms with Gasteiger partial charge in [-0.1, -0.05) is 32.9 Å². The minimum Gasteiger partial charge on any atom is -0.439 e. The van der Waals surface area contributed by atoms with Gasteiger partial charge >= 0.3 is 0 Å². The molecule has 0 atom stereocenters. The first-order chi connectivity index (χ1) is 9.94. The van der Waals surface area contributed by atoms with Crippen LogP contribution in [-0.2, 0) is 5.41 Å². The highest BCUT2D eigenvalue weighted by atomic mass is 16.5. The number of hydrogen-bond donors (Lipinski definition) is 2. The Morgan fingerprint density at radius 1 is 1.19 bits per heavy atom. The highest BCUT2D eigenvalue weighted by Gasteiger charge is 2.17. The van der Waals surface area contributed by atoms with Crippen LogP contribution in [0.3, 0.4) is 0 Å². The van der Waals surface area contributed by atoms with Crippen LogP contribution in [0.15, 0.2) is 30.3 Å². The molecule has 0 amide bonds. The number of aromatic nitrogens is 2. The molecule has 0 radical (unpaired) electrons. The molecular weight excluding hydrogens is 264 g/mol. The second kappa shape index (κ2) is 6.10. The van der Waals surface area contributed by atoms with E-state index >= 15 is 0 Å². The number of rotatable bonds is 5. The van der Waals surface area contributed by atoms with Crippen molar-refractivity contribution in [2.24, 2.45) is 5.84 Å². The van der Waals surface area contributed by atoms with E-state index in [1.807, 2.05) is 12.1 Å². The number of nitrogens with two attached hydrogens (primary N) is 1. The largest absolute Gasteiger partial charge is 0.439 e. The second-order valence-electron chi connectivity index (χ2n) is 5.65. The lowest BCUT2D eigenvalue weighted by atomic mass is 9.82. The first-order valence-corrected chi connectivity index (χ1v) is 7.05. The van der Waals surface area contributed by atoms with Crippen molar-refractivity contribution < 1.29 is 4.74 Å². The van der Waals surface area contributed by atoms with Crippen LogP contribution in [0.5, 0.6) is 11.6 Å². The predicted octanol–water partition coefficient (Wildman–Crippen LogP) is 3.55. The molecule has 0 aliphatic carbocycles. The lowest BCUT2D eigenvalue weighted by molar-refractivity contribution is 0.458. The Morgan fingerprint density at radius 2 is 1.86 bits per heavy atom. The summed E-state index contributed by atoms with van der Waals surface area (Å²) in [5.41, 5.74) is 3.96. The van der Waals surface area contributed by atoms with Crippen LogP contribution in [0.1, 0.15) is 38.6 Å². The number of ether oxygens (including phenoxy) is 1. The molecule has 1 aromatic carbocycles. The highest BCUT2D eigenvalue weighted by molar-refractivity contribution is 5.39. The summed E-state index contributed by atoms with van der Waals surface area (Å²) in [6, 6.07) is 9.76. The van der Waals surface area contributed by atoms with Crippen LogP contribution in [-0.4, -0.2) is 9.97 Å². The van der Waals surface area contributed by atoms with Gasteiger partial charge in [-0.3, -0.25) is 0 Å². The van der Waals surface area contributed by atoms with E-state index in [-0.39, 0.29) is 5.41 Å². The third-order valence-electron chi connectivity index (χ3n) is 3.70. The lowest BCUT2D eigenvalue weighted by Gasteiger charge is -2.23. The van der Waals surface area contributed by atoms with Gasteiger partial charge in [-0.2, -0.15) is 4.98 Å². The summed E-state index contributed by atoms with van der Waals surface area (Å²) < 4.78 is 5.76. The van der Waals surface area contributed by atoms with Crippen molar-refractivity contribution in [2.45, 2.75) is 39.5 Å². The van der Waals surface area contributed by atoms with E-state index in [1.54, 1.807) is 13.0 Å². The van der Waals surface area contributed by atoms with E-state index in [0.29, 0.717) is 17.5 Å². The maximum absolute atomic E-state index is 5.76. The van der Waals surface area contributed by atoms with Crippen LogP contribution in [0.25, 0.3) is 0 Å². The topological polar surface area (TPSA) is 73.1 Å². The van der Waals surface area contributed by atoms with Gasteiger partial charge in [0.1, 0.15) is 17.4 Å². The summed E-state index contributed by atoms with van der Waals surface area (Å²) in [5, 5.41) is 0. The molecule has 0 unspecified atom stereocenters. The zero-order valence-corrected chi connectivity index (χ0v) is 13.0. The third kappa shape index (κ3) is 3.70. The van der Waals surface area contributed by atoms with E-state index in [4.69, 9.17) is 10.6 Å². The van der Waals surface area contributed by atoms with Crippen LogP contribution in [0, 0.1) is 6.92 Å². The maximum atomic E-state index is 5.76. The normalized spacial score (nSPS) is 11.3. The van der Waals surface area contributed by atoms with Gasteiger partial charge in [0, 0.05) is 6.07 Å². The van der Waals surface area contributed by atoms with Crippen LogP contribution in [0.2, 0.25) is 0 Å². The zero-order valence-electron chi connectivity index (χ0n) is 13.0. The smallest absolute Gasteiger partial charge is 0.224 e. The SMILES string of the molecule is CCC(C)(C)c1ccc(Oc2cc(NN)nc(C)n2)cc1. The van der Waals surface area contributed by atoms with Gasteiger partial charge in [-0.25, -0.2) is 10.8 Å². The van der Waals surface area contributed by atoms with E-state index in [0.717, 1.165) is 12.2 Å². The molecule has 5 nitrogen and oxygen atoms in total. The number of nitrogen functional groups attached to an aromatic ring is 1. The number of hydrazine groups is 1. The Morgan fingerprint density at radius 3 is 2.43 bits per heavy atom. The van der Waals surface area contributed by atoms with Gasteiger partial charge in [0.2, 0.25) is 5.88 Å². The average molecular weight is 286 g/mol. The van der Waals surface area contributed by atoms with Crippen LogP contribution < -0.4 is 16.0 Å². The van der Waals surface area contributed by atoms with Crippen molar-refractivity contribution >= 4 is 5.82 Å². The standard InChI is InChI=1S/C16H22N4O/c1-5-16(3,4)12-6-8-13(9-7-12)21-15-10-14(20-17)18-11(2)19-15/h6-10H,5,17H2,1-4H3,(H,18,19,20). The molecule has 1 heterocycles. The summed E-state index contributed by atoms with van der Waals surface area (Å²) in [6.07, 6.45) is 1.09. The molecule has 0 spiro atoms. The molecule has 0 aliphatic rings. The first kappa shape index (κ1) is 15.3. The molecule has 1 aromatic heterocycles. The van der Waals surface area contributed by atoms with E-state index in [9.17, 15) is 0 Å². The summed E-state index contributed by atoms with van der Waals surface area (Å²) >= 11 is 0. The molecule has 5 heteroatoms. The van der Waals surface area contributed by atoms with Crippen molar-refractivity contribution in [1.29, 1.82) is 0 Å². The maximum Gasteiger partial charge on any atom is 0.224 e. The molecule has 112 valence electrons. The fraction of sp³-hybridized carbons (Fsp3) is 0.375. The Kier molecular flexibility index (Phi) is 4.43. The van der Waals surface area contributed by atoms with Gasteiger partial charge in [0.25, 0.3) is 0 Å². The Bertz CT molecular complexity index is 608. The minimum atomic E-state index is 0.167. The van der Waals surface area contributed by atoms with Gasteiger partial charge < -0.3 is 10.2 Å². The molecule has 0 bridgehead atoms. The highest BCUT2D eigenvalue weighted by Crippen LogP contribution is 2.29. The van der Waals surface area contributed by atoms with Gasteiger partial charge in [-0.15, -0.1) is 0 Å². The molecule has 0 fully saturated rings. The first-order valence-electron chi connectivity index (χ1n) is 7.05. The number of benzene rings is 1. The number of aryl methyl sites for hydroxylation is 1. The molecule has 2 aromatic rings. The van der Waals surface area contributed by atoms with Crippen molar-refractivity contribution in [3.63, 3.8) is 0 Å². The van der Waals surface area contributed by atoms with Crippen molar-refractivity contribution in [3.8, 4) is 11.6 Å². The van der Waals surface area contributed by atoms with Crippen molar-refractivity contribution in [2.75, 3.05) is 5.43 Å². The van der Waals surface area contributed by atoms with Crippen molar-refractivity contribution in [1.82, 2.24) is 9.97 Å². The number of anilines is 1. The molecule has 21 heavy (non-hydrogen) atoms. The molecule has 0 aliphatic heterocycles. The Labute approximate surface area is 125 Å². The third-order valence-corrected chi connectivity index (χ3v) is 3.70. The summed E-state index contributed by atoms with van der Waals surface area (Å²) in [7, 11) is 0. The predicted molar refractivity (Wildman–Crippen MR) is 84.4 cm³/mol. The molecule has 0 saturated heterocycles. The monoisotopic (exact) mass is 286 g/mol. The van der Waals surface area contributed by atoms with E-state index in [1.165, 1.54) is 5.56 Å². The number of nitrogens with zero attached hydrogens (tertiary/aromatic N) is 2. The van der Waals surface area contributed by atoms with E-state index in [2.05, 4.69) is 48.3 Å². The summed E-state index contributed by atoms with van der Waals surface area (Å²) in [6.45, 7) is 8.45. The second-order valence-corrected chi connectivity index (χ2v) is 5.65.